The van der Waals surface area contributed by atoms with E-state index in [1.165, 1.54) is 0 Å². The molecule has 8 heteroatoms. The molecule has 150 valence electrons. The van der Waals surface area contributed by atoms with Crippen LogP contribution < -0.4 is 20.3 Å². The van der Waals surface area contributed by atoms with Crippen LogP contribution in [0.4, 0.5) is 5.69 Å². The number of carbonyl (C=O) groups excluding carboxylic acids is 1. The van der Waals surface area contributed by atoms with Crippen LogP contribution in [0.5, 0.6) is 11.5 Å². The second-order valence-electron chi connectivity index (χ2n) is 7.38. The Balaban J connectivity index is 1.30. The Bertz CT molecular complexity index is 1150. The Hall–Kier alpha value is -3.29. The monoisotopic (exact) mass is 394 g/mol. The van der Waals surface area contributed by atoms with Crippen molar-refractivity contribution in [3.8, 4) is 11.5 Å². The molecule has 0 fully saturated rings. The number of hydrogen-bond acceptors (Lipinski definition) is 5. The minimum Gasteiger partial charge on any atom is -0.486 e. The predicted octanol–water partition coefficient (Wildman–Crippen LogP) is 2.17. The molecule has 1 N–H and O–H groups in total. The summed E-state index contributed by atoms with van der Waals surface area (Å²) in [6.07, 6.45) is 7.71. The van der Waals surface area contributed by atoms with Gasteiger partial charge in [-0.05, 0) is 37.8 Å². The van der Waals surface area contributed by atoms with Crippen molar-refractivity contribution in [2.24, 2.45) is 0 Å². The molecule has 3 heterocycles. The Morgan fingerprint density at radius 3 is 2.83 bits per heavy atom. The third kappa shape index (κ3) is 3.35. The van der Waals surface area contributed by atoms with E-state index in [2.05, 4.69) is 10.4 Å². The lowest BCUT2D eigenvalue weighted by Crippen LogP contribution is -2.25. The lowest BCUT2D eigenvalue weighted by atomic mass is 9.97. The van der Waals surface area contributed by atoms with Crippen molar-refractivity contribution in [3.63, 3.8) is 0 Å². The summed E-state index contributed by atoms with van der Waals surface area (Å²) in [6, 6.07) is 5.32. The van der Waals surface area contributed by atoms with E-state index >= 15 is 0 Å². The molecular formula is C21H22N4O4. The first-order valence-corrected chi connectivity index (χ1v) is 9.98. The number of nitrogens with one attached hydrogen (secondary N) is 1. The first-order chi connectivity index (χ1) is 14.2. The van der Waals surface area contributed by atoms with Crippen LogP contribution in [0.25, 0.3) is 5.52 Å². The molecule has 0 atom stereocenters. The fourth-order valence-corrected chi connectivity index (χ4v) is 4.00. The van der Waals surface area contributed by atoms with Gasteiger partial charge in [0.1, 0.15) is 18.7 Å². The Kier molecular flexibility index (Phi) is 4.46. The van der Waals surface area contributed by atoms with Gasteiger partial charge in [-0.2, -0.15) is 5.10 Å². The van der Waals surface area contributed by atoms with Crippen molar-refractivity contribution in [2.75, 3.05) is 18.5 Å². The van der Waals surface area contributed by atoms with Crippen molar-refractivity contribution in [2.45, 2.75) is 38.6 Å². The summed E-state index contributed by atoms with van der Waals surface area (Å²) in [5.74, 6) is 1.14. The van der Waals surface area contributed by atoms with Gasteiger partial charge in [0.15, 0.2) is 11.5 Å². The van der Waals surface area contributed by atoms with Crippen LogP contribution in [-0.4, -0.2) is 33.3 Å². The van der Waals surface area contributed by atoms with Gasteiger partial charge in [0, 0.05) is 42.7 Å². The summed E-state index contributed by atoms with van der Waals surface area (Å²) in [5.41, 5.74) is 3.30. The van der Waals surface area contributed by atoms with E-state index in [-0.39, 0.29) is 17.9 Å². The van der Waals surface area contributed by atoms with Gasteiger partial charge in [-0.15, -0.1) is 0 Å². The van der Waals surface area contributed by atoms with Gasteiger partial charge in [-0.3, -0.25) is 9.59 Å². The highest BCUT2D eigenvalue weighted by Crippen LogP contribution is 2.32. The summed E-state index contributed by atoms with van der Waals surface area (Å²) in [4.78, 5) is 25.3. The first kappa shape index (κ1) is 17.8. The number of aromatic nitrogens is 3. The van der Waals surface area contributed by atoms with Gasteiger partial charge < -0.3 is 19.4 Å². The van der Waals surface area contributed by atoms with Crippen LogP contribution in [-0.2, 0) is 24.2 Å². The van der Waals surface area contributed by atoms with E-state index < -0.39 is 0 Å². The number of ether oxygens (including phenoxy) is 2. The van der Waals surface area contributed by atoms with Gasteiger partial charge in [0.05, 0.1) is 5.69 Å². The molecule has 1 aromatic carbocycles. The minimum atomic E-state index is -0.163. The molecule has 8 nitrogen and oxygen atoms in total. The molecule has 5 rings (SSSR count). The van der Waals surface area contributed by atoms with Crippen LogP contribution in [0.1, 0.15) is 30.5 Å². The summed E-state index contributed by atoms with van der Waals surface area (Å²) >= 11 is 0. The second-order valence-corrected chi connectivity index (χ2v) is 7.38. The highest BCUT2D eigenvalue weighted by Gasteiger charge is 2.20. The molecule has 0 saturated heterocycles. The van der Waals surface area contributed by atoms with Crippen molar-refractivity contribution in [1.82, 2.24) is 14.2 Å². The van der Waals surface area contributed by atoms with E-state index in [0.29, 0.717) is 42.5 Å². The summed E-state index contributed by atoms with van der Waals surface area (Å²) in [7, 11) is 0. The van der Waals surface area contributed by atoms with Crippen molar-refractivity contribution in [3.05, 3.63) is 52.2 Å². The average Bonchev–Trinajstić information content (AvgIpc) is 3.12. The Morgan fingerprint density at radius 1 is 1.10 bits per heavy atom. The van der Waals surface area contributed by atoms with Crippen molar-refractivity contribution >= 4 is 17.1 Å². The normalized spacial score (nSPS) is 15.2. The molecule has 0 unspecified atom stereocenters. The van der Waals surface area contributed by atoms with Crippen molar-refractivity contribution < 1.29 is 14.3 Å². The molecule has 0 saturated carbocycles. The van der Waals surface area contributed by atoms with Gasteiger partial charge in [-0.25, -0.2) is 4.52 Å². The first-order valence-electron chi connectivity index (χ1n) is 9.98. The number of aryl methyl sites for hydroxylation is 3. The highest BCUT2D eigenvalue weighted by molar-refractivity contribution is 5.91. The molecule has 2 aliphatic rings. The van der Waals surface area contributed by atoms with Crippen LogP contribution >= 0.6 is 0 Å². The smallest absolute Gasteiger partial charge is 0.276 e. The molecule has 1 aliphatic heterocycles. The minimum absolute atomic E-state index is 0.0877. The molecule has 0 radical (unpaired) electrons. The zero-order chi connectivity index (χ0) is 19.8. The number of hydrogen-bond donors (Lipinski definition) is 1. The van der Waals surface area contributed by atoms with Crippen molar-refractivity contribution in [1.29, 1.82) is 0 Å². The average molecular weight is 394 g/mol. The molecular weight excluding hydrogens is 372 g/mol. The lowest BCUT2D eigenvalue weighted by molar-refractivity contribution is -0.116. The van der Waals surface area contributed by atoms with E-state index in [1.807, 2.05) is 0 Å². The van der Waals surface area contributed by atoms with E-state index in [1.54, 1.807) is 39.7 Å². The van der Waals surface area contributed by atoms with E-state index in [0.717, 1.165) is 36.9 Å². The van der Waals surface area contributed by atoms with Crippen LogP contribution in [0.3, 0.4) is 0 Å². The number of rotatable bonds is 4. The lowest BCUT2D eigenvalue weighted by Gasteiger charge is -2.19. The van der Waals surface area contributed by atoms with Crippen LogP contribution in [0.15, 0.2) is 35.4 Å². The summed E-state index contributed by atoms with van der Waals surface area (Å²) < 4.78 is 14.3. The van der Waals surface area contributed by atoms with Gasteiger partial charge >= 0.3 is 0 Å². The maximum atomic E-state index is 12.9. The summed E-state index contributed by atoms with van der Waals surface area (Å²) in [6.45, 7) is 1.33. The third-order valence-corrected chi connectivity index (χ3v) is 5.44. The topological polar surface area (TPSA) is 86.9 Å². The molecule has 0 bridgehead atoms. The Labute approximate surface area is 167 Å². The SMILES string of the molecule is O=C(CCn1ccn2nc3c(c2c1=O)CCCC3)Nc1ccc2c(c1)OCCO2. The number of amides is 1. The summed E-state index contributed by atoms with van der Waals surface area (Å²) in [5, 5.41) is 7.40. The fourth-order valence-electron chi connectivity index (χ4n) is 4.00. The van der Waals surface area contributed by atoms with Gasteiger partial charge in [0.2, 0.25) is 5.91 Å². The quantitative estimate of drug-likeness (QED) is 0.733. The number of carbonyl (C=O) groups is 1. The number of fused-ring (bicyclic) bond motifs is 4. The molecule has 0 spiro atoms. The number of benzene rings is 1. The van der Waals surface area contributed by atoms with Crippen LogP contribution in [0, 0.1) is 0 Å². The number of nitrogens with zero attached hydrogens (tertiary/aromatic N) is 3. The van der Waals surface area contributed by atoms with Crippen LogP contribution in [0.2, 0.25) is 0 Å². The van der Waals surface area contributed by atoms with E-state index in [9.17, 15) is 9.59 Å². The molecule has 29 heavy (non-hydrogen) atoms. The largest absolute Gasteiger partial charge is 0.486 e. The van der Waals surface area contributed by atoms with Gasteiger partial charge in [-0.1, -0.05) is 0 Å². The zero-order valence-electron chi connectivity index (χ0n) is 16.0. The third-order valence-electron chi connectivity index (χ3n) is 5.44. The Morgan fingerprint density at radius 2 is 1.93 bits per heavy atom. The van der Waals surface area contributed by atoms with Gasteiger partial charge in [0.25, 0.3) is 5.56 Å². The maximum Gasteiger partial charge on any atom is 0.276 e. The molecule has 2 aromatic heterocycles. The van der Waals surface area contributed by atoms with E-state index in [4.69, 9.17) is 9.47 Å². The fraction of sp³-hybridized carbons (Fsp3) is 0.381. The zero-order valence-corrected chi connectivity index (χ0v) is 16.0. The number of anilines is 1. The highest BCUT2D eigenvalue weighted by atomic mass is 16.6. The maximum absolute atomic E-state index is 12.9. The predicted molar refractivity (Wildman–Crippen MR) is 107 cm³/mol. The molecule has 1 amide bonds. The molecule has 1 aliphatic carbocycles. The second kappa shape index (κ2) is 7.27. The molecule has 3 aromatic rings. The standard InChI is InChI=1S/C21H22N4O4/c26-19(22-14-5-6-17-18(13-14)29-12-11-28-17)7-8-24-9-10-25-20(21(24)27)15-3-1-2-4-16(15)23-25/h5-6,9-10,13H,1-4,7-8,11-12H2,(H,22,26).